The highest BCUT2D eigenvalue weighted by molar-refractivity contribution is 7.25. The highest BCUT2D eigenvalue weighted by Gasteiger charge is 2.17. The summed E-state index contributed by atoms with van der Waals surface area (Å²) in [4.78, 5) is 35.3. The summed E-state index contributed by atoms with van der Waals surface area (Å²) < 4.78 is 1.99. The van der Waals surface area contributed by atoms with Crippen LogP contribution in [0.5, 0.6) is 0 Å². The number of benzene rings is 1. The van der Waals surface area contributed by atoms with Gasteiger partial charge in [-0.1, -0.05) is 19.1 Å². The summed E-state index contributed by atoms with van der Waals surface area (Å²) >= 11 is 1.32. The summed E-state index contributed by atoms with van der Waals surface area (Å²) in [5.74, 6) is 0.341. The quantitative estimate of drug-likeness (QED) is 0.589. The number of pyridine rings is 1. The van der Waals surface area contributed by atoms with Gasteiger partial charge in [-0.2, -0.15) is 0 Å². The van der Waals surface area contributed by atoms with Gasteiger partial charge in [0.25, 0.3) is 5.56 Å². The minimum Gasteiger partial charge on any atom is -0.325 e. The highest BCUT2D eigenvalue weighted by atomic mass is 32.1. The second-order valence-corrected chi connectivity index (χ2v) is 7.33. The third-order valence-electron chi connectivity index (χ3n) is 4.35. The molecule has 0 aliphatic carbocycles. The van der Waals surface area contributed by atoms with E-state index in [1.807, 2.05) is 50.2 Å². The number of fused-ring (bicyclic) bond motifs is 3. The van der Waals surface area contributed by atoms with E-state index >= 15 is 0 Å². The number of anilines is 1. The molecule has 0 saturated heterocycles. The fourth-order valence-corrected chi connectivity index (χ4v) is 4.14. The molecule has 3 heterocycles. The molecule has 7 heteroatoms. The Labute approximate surface area is 159 Å². The topological polar surface area (TPSA) is 76.9 Å². The van der Waals surface area contributed by atoms with Gasteiger partial charge in [0.1, 0.15) is 21.9 Å². The standard InChI is InChI=1S/C20H18N4O2S/c1-3-15-23-17-14-8-5-9-21-19(14)27-18(17)20(26)24(15)11-16(25)22-13-7-4-6-12(2)10-13/h4-10H,3,11H2,1-2H3,(H,22,25). The second kappa shape index (κ2) is 6.92. The summed E-state index contributed by atoms with van der Waals surface area (Å²) in [6, 6.07) is 11.3. The van der Waals surface area contributed by atoms with E-state index in [2.05, 4.69) is 15.3 Å². The second-order valence-electron chi connectivity index (χ2n) is 6.33. The SMILES string of the molecule is CCc1nc2c(sc3ncccc32)c(=O)n1CC(=O)Nc1cccc(C)c1. The molecule has 0 aliphatic heterocycles. The van der Waals surface area contributed by atoms with Crippen LogP contribution in [-0.4, -0.2) is 20.4 Å². The van der Waals surface area contributed by atoms with Crippen molar-refractivity contribution in [3.63, 3.8) is 0 Å². The molecule has 0 unspecified atom stereocenters. The van der Waals surface area contributed by atoms with Crippen LogP contribution in [0, 0.1) is 6.92 Å². The Bertz CT molecular complexity index is 1230. The van der Waals surface area contributed by atoms with Crippen LogP contribution in [0.1, 0.15) is 18.3 Å². The lowest BCUT2D eigenvalue weighted by molar-refractivity contribution is -0.116. The number of carbonyl (C=O) groups excluding carboxylic acids is 1. The molecule has 1 aromatic carbocycles. The fraction of sp³-hybridized carbons (Fsp3) is 0.200. The summed E-state index contributed by atoms with van der Waals surface area (Å²) in [6.07, 6.45) is 2.26. The predicted octanol–water partition coefficient (Wildman–Crippen LogP) is 3.52. The Morgan fingerprint density at radius 1 is 1.26 bits per heavy atom. The van der Waals surface area contributed by atoms with Crippen LogP contribution < -0.4 is 10.9 Å². The van der Waals surface area contributed by atoms with Crippen molar-refractivity contribution >= 4 is 43.4 Å². The molecule has 0 radical (unpaired) electrons. The Morgan fingerprint density at radius 2 is 2.11 bits per heavy atom. The van der Waals surface area contributed by atoms with Gasteiger partial charge in [-0.25, -0.2) is 9.97 Å². The smallest absolute Gasteiger partial charge is 0.272 e. The summed E-state index contributed by atoms with van der Waals surface area (Å²) in [7, 11) is 0. The monoisotopic (exact) mass is 378 g/mol. The number of aromatic nitrogens is 3. The van der Waals surface area contributed by atoms with E-state index in [0.29, 0.717) is 28.1 Å². The average molecular weight is 378 g/mol. The molecule has 0 bridgehead atoms. The van der Waals surface area contributed by atoms with E-state index in [-0.39, 0.29) is 18.0 Å². The Hall–Kier alpha value is -3.06. The first-order chi connectivity index (χ1) is 13.1. The summed E-state index contributed by atoms with van der Waals surface area (Å²) in [6.45, 7) is 3.82. The van der Waals surface area contributed by atoms with Gasteiger partial charge < -0.3 is 5.32 Å². The number of thiophene rings is 1. The van der Waals surface area contributed by atoms with E-state index in [9.17, 15) is 9.59 Å². The maximum absolute atomic E-state index is 13.0. The third-order valence-corrected chi connectivity index (χ3v) is 5.44. The van der Waals surface area contributed by atoms with Crippen LogP contribution in [-0.2, 0) is 17.8 Å². The molecule has 0 atom stereocenters. The van der Waals surface area contributed by atoms with Gasteiger partial charge in [0.2, 0.25) is 5.91 Å². The zero-order chi connectivity index (χ0) is 19.0. The molecule has 0 fully saturated rings. The van der Waals surface area contributed by atoms with Gasteiger partial charge in [0, 0.05) is 23.7 Å². The maximum atomic E-state index is 13.0. The van der Waals surface area contributed by atoms with Crippen molar-refractivity contribution < 1.29 is 4.79 Å². The summed E-state index contributed by atoms with van der Waals surface area (Å²) in [5.41, 5.74) is 2.24. The number of nitrogens with one attached hydrogen (secondary N) is 1. The number of rotatable bonds is 4. The lowest BCUT2D eigenvalue weighted by Crippen LogP contribution is -2.30. The number of amides is 1. The number of hydrogen-bond donors (Lipinski definition) is 1. The van der Waals surface area contributed by atoms with E-state index in [1.165, 1.54) is 15.9 Å². The van der Waals surface area contributed by atoms with Crippen molar-refractivity contribution in [3.05, 3.63) is 64.3 Å². The first-order valence-electron chi connectivity index (χ1n) is 8.70. The zero-order valence-electron chi connectivity index (χ0n) is 15.0. The van der Waals surface area contributed by atoms with Crippen molar-refractivity contribution in [1.82, 2.24) is 14.5 Å². The minimum absolute atomic E-state index is 0.0689. The third kappa shape index (κ3) is 3.21. The Kier molecular flexibility index (Phi) is 4.45. The van der Waals surface area contributed by atoms with Crippen molar-refractivity contribution in [2.24, 2.45) is 0 Å². The number of carbonyl (C=O) groups is 1. The van der Waals surface area contributed by atoms with Gasteiger partial charge in [-0.05, 0) is 36.8 Å². The molecule has 3 aromatic heterocycles. The molecular weight excluding hydrogens is 360 g/mol. The van der Waals surface area contributed by atoms with Gasteiger partial charge in [-0.15, -0.1) is 11.3 Å². The molecule has 0 saturated carbocycles. The van der Waals surface area contributed by atoms with E-state index in [4.69, 9.17) is 0 Å². The molecular formula is C20H18N4O2S. The number of hydrogen-bond acceptors (Lipinski definition) is 5. The average Bonchev–Trinajstić information content (AvgIpc) is 3.03. The molecule has 0 spiro atoms. The predicted molar refractivity (Wildman–Crippen MR) is 108 cm³/mol. The summed E-state index contributed by atoms with van der Waals surface area (Å²) in [5, 5.41) is 3.72. The maximum Gasteiger partial charge on any atom is 0.272 e. The fourth-order valence-electron chi connectivity index (χ4n) is 3.10. The first-order valence-corrected chi connectivity index (χ1v) is 9.52. The number of nitrogens with zero attached hydrogens (tertiary/aromatic N) is 3. The van der Waals surface area contributed by atoms with Crippen LogP contribution in [0.25, 0.3) is 20.4 Å². The largest absolute Gasteiger partial charge is 0.325 e. The first kappa shape index (κ1) is 17.4. The molecule has 4 rings (SSSR count). The van der Waals surface area contributed by atoms with Gasteiger partial charge in [-0.3, -0.25) is 14.2 Å². The van der Waals surface area contributed by atoms with E-state index in [1.54, 1.807) is 6.20 Å². The number of aryl methyl sites for hydroxylation is 2. The molecule has 6 nitrogen and oxygen atoms in total. The lowest BCUT2D eigenvalue weighted by Gasteiger charge is -2.12. The molecule has 136 valence electrons. The normalized spacial score (nSPS) is 11.2. The minimum atomic E-state index is -0.252. The van der Waals surface area contributed by atoms with Crippen molar-refractivity contribution in [2.45, 2.75) is 26.8 Å². The highest BCUT2D eigenvalue weighted by Crippen LogP contribution is 2.28. The molecule has 1 N–H and O–H groups in total. The molecule has 0 aliphatic rings. The van der Waals surface area contributed by atoms with Crippen LogP contribution in [0.15, 0.2) is 47.4 Å². The van der Waals surface area contributed by atoms with Crippen LogP contribution in [0.2, 0.25) is 0 Å². The Morgan fingerprint density at radius 3 is 2.89 bits per heavy atom. The molecule has 1 amide bonds. The van der Waals surface area contributed by atoms with Crippen LogP contribution in [0.4, 0.5) is 5.69 Å². The van der Waals surface area contributed by atoms with Crippen LogP contribution in [0.3, 0.4) is 0 Å². The lowest BCUT2D eigenvalue weighted by atomic mass is 10.2. The Balaban J connectivity index is 1.74. The van der Waals surface area contributed by atoms with Crippen molar-refractivity contribution in [2.75, 3.05) is 5.32 Å². The zero-order valence-corrected chi connectivity index (χ0v) is 15.8. The van der Waals surface area contributed by atoms with Crippen molar-refractivity contribution in [3.8, 4) is 0 Å². The molecule has 27 heavy (non-hydrogen) atoms. The van der Waals surface area contributed by atoms with Gasteiger partial charge in [0.05, 0.1) is 5.52 Å². The van der Waals surface area contributed by atoms with E-state index in [0.717, 1.165) is 15.8 Å². The van der Waals surface area contributed by atoms with Crippen molar-refractivity contribution in [1.29, 1.82) is 0 Å². The van der Waals surface area contributed by atoms with Gasteiger partial charge >= 0.3 is 0 Å². The van der Waals surface area contributed by atoms with Gasteiger partial charge in [0.15, 0.2) is 0 Å². The van der Waals surface area contributed by atoms with E-state index < -0.39 is 0 Å². The van der Waals surface area contributed by atoms with Crippen LogP contribution >= 0.6 is 11.3 Å². The molecule has 4 aromatic rings.